The van der Waals surface area contributed by atoms with E-state index in [0.717, 1.165) is 0 Å². The molecule has 0 saturated carbocycles. The normalized spacial score (nSPS) is 15.5. The molecule has 0 radical (unpaired) electrons. The van der Waals surface area contributed by atoms with Crippen LogP contribution in [0.2, 0.25) is 0 Å². The van der Waals surface area contributed by atoms with E-state index in [1.165, 1.54) is 17.1 Å². The van der Waals surface area contributed by atoms with Crippen LogP contribution < -0.4 is 5.32 Å². The Morgan fingerprint density at radius 3 is 2.23 bits per heavy atom. The highest BCUT2D eigenvalue weighted by atomic mass is 16.4. The lowest BCUT2D eigenvalue weighted by Gasteiger charge is -2.18. The van der Waals surface area contributed by atoms with Crippen LogP contribution in [0.15, 0.2) is 12.2 Å². The number of carbonyl (C=O) groups is 4. The predicted octanol–water partition coefficient (Wildman–Crippen LogP) is 0.697. The molecule has 0 saturated heterocycles. The van der Waals surface area contributed by atoms with Crippen LogP contribution in [0, 0.1) is 5.92 Å². The molecular formula is C15H22N2O5. The van der Waals surface area contributed by atoms with E-state index in [4.69, 9.17) is 5.11 Å². The minimum absolute atomic E-state index is 0.179. The lowest BCUT2D eigenvalue weighted by atomic mass is 10.0. The van der Waals surface area contributed by atoms with Crippen molar-refractivity contribution in [2.24, 2.45) is 5.92 Å². The molecule has 122 valence electrons. The van der Waals surface area contributed by atoms with E-state index in [2.05, 4.69) is 5.32 Å². The number of carboxylic acids is 1. The Hall–Kier alpha value is -2.18. The van der Waals surface area contributed by atoms with Crippen molar-refractivity contribution >= 4 is 23.7 Å². The molecule has 0 aromatic rings. The van der Waals surface area contributed by atoms with Gasteiger partial charge in [-0.05, 0) is 18.8 Å². The van der Waals surface area contributed by atoms with Crippen molar-refractivity contribution in [2.75, 3.05) is 6.54 Å². The van der Waals surface area contributed by atoms with Gasteiger partial charge in [0.05, 0.1) is 0 Å². The molecule has 1 heterocycles. The fraction of sp³-hybridized carbons (Fsp3) is 0.600. The SMILES string of the molecule is CC(C)C(NC(=O)CCCCCN1C(=O)C=CC1=O)C(=O)O. The van der Waals surface area contributed by atoms with Gasteiger partial charge in [-0.1, -0.05) is 20.3 Å². The highest BCUT2D eigenvalue weighted by Crippen LogP contribution is 2.08. The van der Waals surface area contributed by atoms with E-state index in [9.17, 15) is 19.2 Å². The predicted molar refractivity (Wildman–Crippen MR) is 78.7 cm³/mol. The molecule has 1 unspecified atom stereocenters. The zero-order chi connectivity index (χ0) is 16.7. The Labute approximate surface area is 129 Å². The summed E-state index contributed by atoms with van der Waals surface area (Å²) in [4.78, 5) is 46.4. The average molecular weight is 310 g/mol. The summed E-state index contributed by atoms with van der Waals surface area (Å²) in [5.41, 5.74) is 0. The molecule has 1 atom stereocenters. The van der Waals surface area contributed by atoms with Crippen LogP contribution in [0.3, 0.4) is 0 Å². The number of unbranched alkanes of at least 4 members (excludes halogenated alkanes) is 2. The fourth-order valence-electron chi connectivity index (χ4n) is 2.14. The van der Waals surface area contributed by atoms with Crippen molar-refractivity contribution in [1.82, 2.24) is 10.2 Å². The highest BCUT2D eigenvalue weighted by Gasteiger charge is 2.23. The van der Waals surface area contributed by atoms with Gasteiger partial charge in [0.15, 0.2) is 0 Å². The number of imide groups is 1. The second-order valence-corrected chi connectivity index (χ2v) is 5.60. The molecule has 0 aromatic carbocycles. The second-order valence-electron chi connectivity index (χ2n) is 5.60. The molecule has 1 rings (SSSR count). The van der Waals surface area contributed by atoms with Crippen molar-refractivity contribution in [1.29, 1.82) is 0 Å². The van der Waals surface area contributed by atoms with Crippen molar-refractivity contribution < 1.29 is 24.3 Å². The zero-order valence-electron chi connectivity index (χ0n) is 12.9. The maximum atomic E-state index is 11.7. The van der Waals surface area contributed by atoms with Crippen molar-refractivity contribution in [3.63, 3.8) is 0 Å². The van der Waals surface area contributed by atoms with Crippen LogP contribution in [0.5, 0.6) is 0 Å². The Morgan fingerprint density at radius 2 is 1.73 bits per heavy atom. The fourth-order valence-corrected chi connectivity index (χ4v) is 2.14. The van der Waals surface area contributed by atoms with Crippen LogP contribution in [0.25, 0.3) is 0 Å². The van der Waals surface area contributed by atoms with E-state index >= 15 is 0 Å². The molecule has 3 amide bonds. The summed E-state index contributed by atoms with van der Waals surface area (Å²) in [7, 11) is 0. The summed E-state index contributed by atoms with van der Waals surface area (Å²) in [5, 5.41) is 11.5. The van der Waals surface area contributed by atoms with Crippen LogP contribution in [0.1, 0.15) is 39.5 Å². The van der Waals surface area contributed by atoms with Gasteiger partial charge < -0.3 is 10.4 Å². The molecule has 2 N–H and O–H groups in total. The molecule has 7 nitrogen and oxygen atoms in total. The number of nitrogens with zero attached hydrogens (tertiary/aromatic N) is 1. The summed E-state index contributed by atoms with van der Waals surface area (Å²) in [6.07, 6.45) is 4.61. The number of nitrogens with one attached hydrogen (secondary N) is 1. The molecule has 22 heavy (non-hydrogen) atoms. The van der Waals surface area contributed by atoms with E-state index in [1.54, 1.807) is 13.8 Å². The monoisotopic (exact) mass is 310 g/mol. The number of carboxylic acid groups (broad SMARTS) is 1. The number of carbonyl (C=O) groups excluding carboxylic acids is 3. The number of aliphatic carboxylic acids is 1. The van der Waals surface area contributed by atoms with Gasteiger partial charge >= 0.3 is 5.97 Å². The van der Waals surface area contributed by atoms with E-state index in [-0.39, 0.29) is 30.1 Å². The van der Waals surface area contributed by atoms with E-state index in [1.807, 2.05) is 0 Å². The van der Waals surface area contributed by atoms with Gasteiger partial charge in [-0.15, -0.1) is 0 Å². The first-order chi connectivity index (χ1) is 10.3. The van der Waals surface area contributed by atoms with Gasteiger partial charge in [-0.3, -0.25) is 19.3 Å². The van der Waals surface area contributed by atoms with Crippen molar-refractivity contribution in [3.05, 3.63) is 12.2 Å². The maximum absolute atomic E-state index is 11.7. The highest BCUT2D eigenvalue weighted by molar-refractivity contribution is 6.12. The minimum Gasteiger partial charge on any atom is -0.480 e. The number of amides is 3. The van der Waals surface area contributed by atoms with Crippen molar-refractivity contribution in [3.8, 4) is 0 Å². The first-order valence-electron chi connectivity index (χ1n) is 7.38. The number of hydrogen-bond acceptors (Lipinski definition) is 4. The Balaban J connectivity index is 2.19. The van der Waals surface area contributed by atoms with Gasteiger partial charge in [0.2, 0.25) is 5.91 Å². The molecule has 1 aliphatic heterocycles. The third-order valence-corrected chi connectivity index (χ3v) is 3.44. The minimum atomic E-state index is -1.04. The van der Waals surface area contributed by atoms with E-state index < -0.39 is 12.0 Å². The quantitative estimate of drug-likeness (QED) is 0.482. The van der Waals surface area contributed by atoms with Crippen molar-refractivity contribution in [2.45, 2.75) is 45.6 Å². The Morgan fingerprint density at radius 1 is 1.14 bits per heavy atom. The summed E-state index contributed by atoms with van der Waals surface area (Å²) < 4.78 is 0. The molecule has 0 bridgehead atoms. The van der Waals surface area contributed by atoms with Gasteiger partial charge in [0, 0.05) is 25.1 Å². The smallest absolute Gasteiger partial charge is 0.326 e. The lowest BCUT2D eigenvalue weighted by molar-refractivity contribution is -0.143. The molecule has 0 spiro atoms. The number of hydrogen-bond donors (Lipinski definition) is 2. The Bertz CT molecular complexity index is 466. The van der Waals surface area contributed by atoms with Crippen LogP contribution in [-0.2, 0) is 19.2 Å². The van der Waals surface area contributed by atoms with Crippen LogP contribution in [-0.4, -0.2) is 46.3 Å². The second kappa shape index (κ2) is 8.31. The average Bonchev–Trinajstić information content (AvgIpc) is 2.75. The molecule has 1 aliphatic rings. The molecule has 7 heteroatoms. The molecule has 0 fully saturated rings. The van der Waals surface area contributed by atoms with Crippen LogP contribution >= 0.6 is 0 Å². The lowest BCUT2D eigenvalue weighted by Crippen LogP contribution is -2.44. The van der Waals surface area contributed by atoms with Gasteiger partial charge in [0.1, 0.15) is 6.04 Å². The maximum Gasteiger partial charge on any atom is 0.326 e. The zero-order valence-corrected chi connectivity index (χ0v) is 12.9. The summed E-state index contributed by atoms with van der Waals surface area (Å²) in [5.74, 6) is -2.12. The summed E-state index contributed by atoms with van der Waals surface area (Å²) >= 11 is 0. The largest absolute Gasteiger partial charge is 0.480 e. The van der Waals surface area contributed by atoms with E-state index in [0.29, 0.717) is 25.8 Å². The third kappa shape index (κ3) is 5.31. The molecule has 0 aromatic heterocycles. The van der Waals surface area contributed by atoms with Gasteiger partial charge in [-0.2, -0.15) is 0 Å². The topological polar surface area (TPSA) is 104 Å². The molecular weight excluding hydrogens is 288 g/mol. The third-order valence-electron chi connectivity index (χ3n) is 3.44. The standard InChI is InChI=1S/C15H22N2O5/c1-10(2)14(15(21)22)16-11(18)6-4-3-5-9-17-12(19)7-8-13(17)20/h7-8,10,14H,3-6,9H2,1-2H3,(H,16,18)(H,21,22). The number of rotatable bonds is 9. The molecule has 0 aliphatic carbocycles. The first kappa shape index (κ1) is 17.9. The Kier molecular flexibility index (Phi) is 6.75. The van der Waals surface area contributed by atoms with Gasteiger partial charge in [-0.25, -0.2) is 4.79 Å². The summed E-state index contributed by atoms with van der Waals surface area (Å²) in [6, 6.07) is -0.876. The van der Waals surface area contributed by atoms with Gasteiger partial charge in [0.25, 0.3) is 11.8 Å². The first-order valence-corrected chi connectivity index (χ1v) is 7.38. The van der Waals surface area contributed by atoms with Crippen LogP contribution in [0.4, 0.5) is 0 Å². The summed E-state index contributed by atoms with van der Waals surface area (Å²) in [6.45, 7) is 3.81.